The Morgan fingerprint density at radius 3 is 1.79 bits per heavy atom. The maximum atomic E-state index is 5.10. The van der Waals surface area contributed by atoms with Crippen LogP contribution in [0.2, 0.25) is 0 Å². The first-order chi connectivity index (χ1) is 11.3. The first-order valence-electron chi connectivity index (χ1n) is 10.4. The van der Waals surface area contributed by atoms with Gasteiger partial charge in [0.2, 0.25) is 0 Å². The number of quaternary nitrogens is 1. The lowest BCUT2D eigenvalue weighted by Crippen LogP contribution is -2.51. The molecule has 0 saturated carbocycles. The van der Waals surface area contributed by atoms with E-state index in [9.17, 15) is 0 Å². The summed E-state index contributed by atoms with van der Waals surface area (Å²) < 4.78 is 0.810. The molecule has 0 N–H and O–H groups in total. The second-order valence-electron chi connectivity index (χ2n) is 8.37. The van der Waals surface area contributed by atoms with Crippen molar-refractivity contribution in [1.29, 1.82) is 0 Å². The molecule has 0 rings (SSSR count). The summed E-state index contributed by atoms with van der Waals surface area (Å²) in [6.07, 6.45) is 10.4. The molecule has 3 nitrogen and oxygen atoms in total. The SMILES string of the molecule is CCCCC(CC)CN=C(N(C)CC(CC)CCCC)[N+](C)(C)C. The maximum absolute atomic E-state index is 5.10. The summed E-state index contributed by atoms with van der Waals surface area (Å²) in [5.74, 6) is 2.76. The monoisotopic (exact) mass is 340 g/mol. The third-order valence-electron chi connectivity index (χ3n) is 5.05. The molecule has 0 radical (unpaired) electrons. The topological polar surface area (TPSA) is 15.6 Å². The highest BCUT2D eigenvalue weighted by molar-refractivity contribution is 5.72. The van der Waals surface area contributed by atoms with Crippen molar-refractivity contribution in [2.45, 2.75) is 79.1 Å². The fraction of sp³-hybridized carbons (Fsp3) is 0.952. The highest BCUT2D eigenvalue weighted by Gasteiger charge is 2.25. The van der Waals surface area contributed by atoms with Crippen LogP contribution in [0.3, 0.4) is 0 Å². The van der Waals surface area contributed by atoms with E-state index in [1.54, 1.807) is 0 Å². The van der Waals surface area contributed by atoms with Crippen LogP contribution >= 0.6 is 0 Å². The molecular formula is C21H46N3+. The average Bonchev–Trinajstić information content (AvgIpc) is 2.53. The minimum atomic E-state index is 0.738. The number of hydrogen-bond acceptors (Lipinski definition) is 1. The zero-order valence-corrected chi connectivity index (χ0v) is 18.1. The molecule has 0 spiro atoms. The molecule has 0 fully saturated rings. The van der Waals surface area contributed by atoms with E-state index in [4.69, 9.17) is 4.99 Å². The number of hydrogen-bond donors (Lipinski definition) is 0. The first kappa shape index (κ1) is 23.4. The summed E-state index contributed by atoms with van der Waals surface area (Å²) in [7, 11) is 8.98. The Labute approximate surface area is 153 Å². The lowest BCUT2D eigenvalue weighted by atomic mass is 9.99. The minimum Gasteiger partial charge on any atom is -0.314 e. The van der Waals surface area contributed by atoms with Gasteiger partial charge in [0, 0.05) is 20.1 Å². The van der Waals surface area contributed by atoms with Gasteiger partial charge < -0.3 is 4.90 Å². The molecule has 0 aromatic carbocycles. The quantitative estimate of drug-likeness (QED) is 0.263. The molecule has 2 atom stereocenters. The molecule has 0 heterocycles. The molecule has 0 amide bonds. The maximum Gasteiger partial charge on any atom is 0.299 e. The van der Waals surface area contributed by atoms with Crippen molar-refractivity contribution in [3.63, 3.8) is 0 Å². The molecule has 24 heavy (non-hydrogen) atoms. The zero-order valence-electron chi connectivity index (χ0n) is 18.1. The van der Waals surface area contributed by atoms with Crippen molar-refractivity contribution in [2.75, 3.05) is 41.3 Å². The standard InChI is InChI=1S/C21H46N3/c1-9-13-15-19(11-3)17-22-21(24(6,7)8)23(5)18-20(12-4)16-14-10-2/h19-20H,9-18H2,1-8H3/q+1. The third-order valence-corrected chi connectivity index (χ3v) is 5.05. The molecule has 0 aliphatic rings. The van der Waals surface area contributed by atoms with Crippen molar-refractivity contribution >= 4 is 5.96 Å². The Balaban J connectivity index is 4.93. The van der Waals surface area contributed by atoms with Gasteiger partial charge in [0.15, 0.2) is 0 Å². The van der Waals surface area contributed by atoms with E-state index in [1.165, 1.54) is 57.3 Å². The van der Waals surface area contributed by atoms with Gasteiger partial charge in [0.1, 0.15) is 0 Å². The number of guanidine groups is 1. The molecule has 0 aliphatic carbocycles. The molecule has 144 valence electrons. The van der Waals surface area contributed by atoms with Gasteiger partial charge in [-0.3, -0.25) is 4.48 Å². The minimum absolute atomic E-state index is 0.738. The summed E-state index contributed by atoms with van der Waals surface area (Å²) in [6, 6.07) is 0. The normalized spacial score (nSPS) is 15.4. The summed E-state index contributed by atoms with van der Waals surface area (Å²) in [4.78, 5) is 7.53. The van der Waals surface area contributed by atoms with Crippen LogP contribution in [0.15, 0.2) is 4.99 Å². The van der Waals surface area contributed by atoms with Crippen LogP contribution < -0.4 is 0 Å². The van der Waals surface area contributed by atoms with Crippen LogP contribution in [0.25, 0.3) is 0 Å². The fourth-order valence-electron chi connectivity index (χ4n) is 3.36. The van der Waals surface area contributed by atoms with Crippen molar-refractivity contribution in [3.05, 3.63) is 0 Å². The molecule has 0 aromatic heterocycles. The van der Waals surface area contributed by atoms with Crippen LogP contribution in [0.1, 0.15) is 79.1 Å². The Kier molecular flexibility index (Phi) is 12.4. The van der Waals surface area contributed by atoms with E-state index < -0.39 is 0 Å². The van der Waals surface area contributed by atoms with Gasteiger partial charge in [0.25, 0.3) is 5.96 Å². The Bertz CT molecular complexity index is 330. The van der Waals surface area contributed by atoms with Gasteiger partial charge in [-0.25, -0.2) is 4.99 Å². The molecule has 0 bridgehead atoms. The van der Waals surface area contributed by atoms with Crippen LogP contribution in [0.5, 0.6) is 0 Å². The third kappa shape index (κ3) is 9.66. The Morgan fingerprint density at radius 1 is 0.875 bits per heavy atom. The van der Waals surface area contributed by atoms with E-state index in [-0.39, 0.29) is 0 Å². The molecule has 0 saturated heterocycles. The molecular weight excluding hydrogens is 294 g/mol. The van der Waals surface area contributed by atoms with Gasteiger partial charge in [-0.1, -0.05) is 66.2 Å². The second-order valence-corrected chi connectivity index (χ2v) is 8.37. The second kappa shape index (κ2) is 12.7. The van der Waals surface area contributed by atoms with Crippen molar-refractivity contribution in [3.8, 4) is 0 Å². The summed E-state index contributed by atoms with van der Waals surface area (Å²) in [6.45, 7) is 11.3. The van der Waals surface area contributed by atoms with Gasteiger partial charge in [0.05, 0.1) is 21.1 Å². The number of unbranched alkanes of at least 4 members (excludes halogenated alkanes) is 2. The smallest absolute Gasteiger partial charge is 0.299 e. The Morgan fingerprint density at radius 2 is 1.38 bits per heavy atom. The fourth-order valence-corrected chi connectivity index (χ4v) is 3.36. The van der Waals surface area contributed by atoms with E-state index in [0.29, 0.717) is 0 Å². The van der Waals surface area contributed by atoms with Crippen LogP contribution in [0, 0.1) is 11.8 Å². The largest absolute Gasteiger partial charge is 0.314 e. The van der Waals surface area contributed by atoms with E-state index in [0.717, 1.165) is 29.4 Å². The summed E-state index contributed by atoms with van der Waals surface area (Å²) in [5, 5.41) is 0. The molecule has 2 unspecified atom stereocenters. The van der Waals surface area contributed by atoms with Crippen LogP contribution in [-0.4, -0.2) is 56.6 Å². The molecule has 0 aromatic rings. The van der Waals surface area contributed by atoms with Gasteiger partial charge in [-0.15, -0.1) is 0 Å². The highest BCUT2D eigenvalue weighted by atomic mass is 15.5. The van der Waals surface area contributed by atoms with E-state index in [1.807, 2.05) is 0 Å². The van der Waals surface area contributed by atoms with E-state index in [2.05, 4.69) is 60.8 Å². The van der Waals surface area contributed by atoms with Crippen molar-refractivity contribution < 1.29 is 4.48 Å². The van der Waals surface area contributed by atoms with Gasteiger partial charge in [-0.2, -0.15) is 0 Å². The lowest BCUT2D eigenvalue weighted by molar-refractivity contribution is -0.783. The Hall–Kier alpha value is -0.570. The molecule has 3 heteroatoms. The first-order valence-corrected chi connectivity index (χ1v) is 10.4. The number of rotatable bonds is 12. The zero-order chi connectivity index (χ0) is 18.6. The molecule has 0 aliphatic heterocycles. The van der Waals surface area contributed by atoms with Gasteiger partial charge in [-0.05, 0) is 24.7 Å². The lowest BCUT2D eigenvalue weighted by Gasteiger charge is -2.33. The predicted molar refractivity (Wildman–Crippen MR) is 110 cm³/mol. The van der Waals surface area contributed by atoms with Crippen molar-refractivity contribution in [2.24, 2.45) is 16.8 Å². The van der Waals surface area contributed by atoms with Crippen molar-refractivity contribution in [1.82, 2.24) is 4.90 Å². The predicted octanol–water partition coefficient (Wildman–Crippen LogP) is 5.41. The number of aliphatic imine (C=N–C) groups is 1. The average molecular weight is 341 g/mol. The van der Waals surface area contributed by atoms with E-state index >= 15 is 0 Å². The van der Waals surface area contributed by atoms with Crippen LogP contribution in [-0.2, 0) is 0 Å². The summed E-state index contributed by atoms with van der Waals surface area (Å²) in [5.41, 5.74) is 0. The summed E-state index contributed by atoms with van der Waals surface area (Å²) >= 11 is 0. The van der Waals surface area contributed by atoms with Crippen LogP contribution in [0.4, 0.5) is 0 Å². The highest BCUT2D eigenvalue weighted by Crippen LogP contribution is 2.17. The van der Waals surface area contributed by atoms with Gasteiger partial charge >= 0.3 is 0 Å². The number of nitrogens with zero attached hydrogens (tertiary/aromatic N) is 3.